The zero-order valence-electron chi connectivity index (χ0n) is 12.7. The zero-order valence-corrected chi connectivity index (χ0v) is 12.7. The Balaban J connectivity index is 2.13. The minimum Gasteiger partial charge on any atom is -0.352 e. The van der Waals surface area contributed by atoms with E-state index in [0.29, 0.717) is 24.3 Å². The largest absolute Gasteiger partial charge is 0.352 e. The van der Waals surface area contributed by atoms with Gasteiger partial charge in [-0.05, 0) is 38.4 Å². The number of para-hydroxylation sites is 1. The molecule has 0 saturated carbocycles. The van der Waals surface area contributed by atoms with Gasteiger partial charge in [-0.15, -0.1) is 0 Å². The third kappa shape index (κ3) is 3.61. The Labute approximate surface area is 125 Å². The molecule has 1 aromatic carbocycles. The van der Waals surface area contributed by atoms with E-state index in [1.165, 1.54) is 0 Å². The van der Waals surface area contributed by atoms with Crippen LogP contribution < -0.4 is 16.0 Å². The number of anilines is 1. The highest BCUT2D eigenvalue weighted by Gasteiger charge is 2.36. The van der Waals surface area contributed by atoms with Crippen molar-refractivity contribution < 1.29 is 9.59 Å². The third-order valence-corrected chi connectivity index (χ3v) is 3.87. The maximum Gasteiger partial charge on any atom is 0.253 e. The van der Waals surface area contributed by atoms with Gasteiger partial charge < -0.3 is 16.0 Å². The van der Waals surface area contributed by atoms with Crippen LogP contribution in [0.2, 0.25) is 0 Å². The Bertz CT molecular complexity index is 522. The number of carbonyl (C=O) groups is 2. The van der Waals surface area contributed by atoms with Gasteiger partial charge in [0, 0.05) is 13.1 Å². The van der Waals surface area contributed by atoms with Crippen molar-refractivity contribution in [2.24, 2.45) is 5.41 Å². The summed E-state index contributed by atoms with van der Waals surface area (Å²) in [7, 11) is 0. The van der Waals surface area contributed by atoms with Gasteiger partial charge in [-0.1, -0.05) is 19.1 Å². The summed E-state index contributed by atoms with van der Waals surface area (Å²) in [6.07, 6.45) is 1.69. The maximum atomic E-state index is 12.4. The summed E-state index contributed by atoms with van der Waals surface area (Å²) in [6.45, 7) is 6.10. The molecule has 0 aliphatic carbocycles. The van der Waals surface area contributed by atoms with Crippen LogP contribution in [-0.4, -0.2) is 31.4 Å². The van der Waals surface area contributed by atoms with Crippen LogP contribution >= 0.6 is 0 Å². The molecule has 1 heterocycles. The summed E-state index contributed by atoms with van der Waals surface area (Å²) in [4.78, 5) is 24.6. The molecule has 1 unspecified atom stereocenters. The van der Waals surface area contributed by atoms with Crippen molar-refractivity contribution in [3.63, 3.8) is 0 Å². The molecule has 0 bridgehead atoms. The van der Waals surface area contributed by atoms with Crippen molar-refractivity contribution in [1.82, 2.24) is 10.6 Å². The summed E-state index contributed by atoms with van der Waals surface area (Å²) in [6, 6.07) is 7.12. The topological polar surface area (TPSA) is 70.2 Å². The van der Waals surface area contributed by atoms with E-state index in [-0.39, 0.29) is 11.8 Å². The first-order valence-corrected chi connectivity index (χ1v) is 7.46. The van der Waals surface area contributed by atoms with E-state index in [1.54, 1.807) is 18.2 Å². The van der Waals surface area contributed by atoms with Crippen molar-refractivity contribution in [3.05, 3.63) is 29.8 Å². The van der Waals surface area contributed by atoms with Crippen LogP contribution in [0.25, 0.3) is 0 Å². The van der Waals surface area contributed by atoms with Gasteiger partial charge in [0.25, 0.3) is 5.91 Å². The molecule has 0 spiro atoms. The fourth-order valence-corrected chi connectivity index (χ4v) is 2.41. The average Bonchev–Trinajstić information content (AvgIpc) is 2.93. The van der Waals surface area contributed by atoms with Crippen LogP contribution in [0, 0.1) is 5.41 Å². The molecule has 1 aliphatic heterocycles. The first-order chi connectivity index (χ1) is 10.1. The lowest BCUT2D eigenvalue weighted by Gasteiger charge is -2.22. The van der Waals surface area contributed by atoms with E-state index in [9.17, 15) is 9.59 Å². The zero-order chi connectivity index (χ0) is 15.3. The van der Waals surface area contributed by atoms with Gasteiger partial charge in [-0.25, -0.2) is 0 Å². The van der Waals surface area contributed by atoms with Crippen LogP contribution in [0.5, 0.6) is 0 Å². The Morgan fingerprint density at radius 1 is 1.33 bits per heavy atom. The first kappa shape index (κ1) is 15.5. The van der Waals surface area contributed by atoms with E-state index in [2.05, 4.69) is 16.0 Å². The van der Waals surface area contributed by atoms with Crippen molar-refractivity contribution in [2.75, 3.05) is 25.0 Å². The summed E-state index contributed by atoms with van der Waals surface area (Å²) in [5.74, 6) is -0.189. The molecule has 1 fully saturated rings. The van der Waals surface area contributed by atoms with Crippen molar-refractivity contribution in [1.29, 1.82) is 0 Å². The predicted octanol–water partition coefficient (Wildman–Crippen LogP) is 1.76. The molecule has 1 aromatic rings. The number of nitrogens with one attached hydrogen (secondary N) is 3. The van der Waals surface area contributed by atoms with Gasteiger partial charge in [-0.3, -0.25) is 9.59 Å². The summed E-state index contributed by atoms with van der Waals surface area (Å²) in [5, 5.41) is 8.95. The van der Waals surface area contributed by atoms with E-state index in [1.807, 2.05) is 19.9 Å². The van der Waals surface area contributed by atoms with Crippen molar-refractivity contribution in [2.45, 2.75) is 26.7 Å². The summed E-state index contributed by atoms with van der Waals surface area (Å²) < 4.78 is 0. The number of benzene rings is 1. The maximum absolute atomic E-state index is 12.4. The summed E-state index contributed by atoms with van der Waals surface area (Å²) >= 11 is 0. The number of hydrogen-bond donors (Lipinski definition) is 3. The molecule has 5 heteroatoms. The Kier molecular flexibility index (Phi) is 4.96. The fraction of sp³-hybridized carbons (Fsp3) is 0.500. The first-order valence-electron chi connectivity index (χ1n) is 7.46. The Hall–Kier alpha value is -1.88. The minimum atomic E-state index is -0.410. The highest BCUT2D eigenvalue weighted by Crippen LogP contribution is 2.27. The molecular formula is C16H23N3O2. The van der Waals surface area contributed by atoms with E-state index < -0.39 is 5.41 Å². The van der Waals surface area contributed by atoms with E-state index >= 15 is 0 Å². The quantitative estimate of drug-likeness (QED) is 0.773. The monoisotopic (exact) mass is 289 g/mol. The molecule has 0 aromatic heterocycles. The molecule has 0 radical (unpaired) electrons. The SMILES string of the molecule is CCCNC(=O)c1ccccc1NC(=O)C1(C)CCNC1. The average molecular weight is 289 g/mol. The van der Waals surface area contributed by atoms with Gasteiger partial charge in [-0.2, -0.15) is 0 Å². The number of amides is 2. The lowest BCUT2D eigenvalue weighted by molar-refractivity contribution is -0.123. The second kappa shape index (κ2) is 6.72. The molecule has 1 saturated heterocycles. The van der Waals surface area contributed by atoms with Gasteiger partial charge >= 0.3 is 0 Å². The molecular weight excluding hydrogens is 266 g/mol. The smallest absolute Gasteiger partial charge is 0.253 e. The molecule has 1 aliphatic rings. The minimum absolute atomic E-state index is 0.0387. The van der Waals surface area contributed by atoms with Crippen LogP contribution in [-0.2, 0) is 4.79 Å². The summed E-state index contributed by atoms with van der Waals surface area (Å²) in [5.41, 5.74) is 0.672. The van der Waals surface area contributed by atoms with Crippen LogP contribution in [0.1, 0.15) is 37.0 Å². The van der Waals surface area contributed by atoms with Gasteiger partial charge in [0.15, 0.2) is 0 Å². The van der Waals surface area contributed by atoms with E-state index in [0.717, 1.165) is 19.4 Å². The number of carbonyl (C=O) groups excluding carboxylic acids is 2. The lowest BCUT2D eigenvalue weighted by Crippen LogP contribution is -2.36. The third-order valence-electron chi connectivity index (χ3n) is 3.87. The second-order valence-electron chi connectivity index (χ2n) is 5.74. The number of rotatable bonds is 5. The van der Waals surface area contributed by atoms with Crippen LogP contribution in [0.4, 0.5) is 5.69 Å². The molecule has 1 atom stereocenters. The highest BCUT2D eigenvalue weighted by atomic mass is 16.2. The van der Waals surface area contributed by atoms with Crippen molar-refractivity contribution in [3.8, 4) is 0 Å². The van der Waals surface area contributed by atoms with Gasteiger partial charge in [0.1, 0.15) is 0 Å². The number of hydrogen-bond acceptors (Lipinski definition) is 3. The second-order valence-corrected chi connectivity index (χ2v) is 5.74. The van der Waals surface area contributed by atoms with Crippen LogP contribution in [0.15, 0.2) is 24.3 Å². The predicted molar refractivity (Wildman–Crippen MR) is 83.3 cm³/mol. The Morgan fingerprint density at radius 3 is 2.76 bits per heavy atom. The Morgan fingerprint density at radius 2 is 2.10 bits per heavy atom. The standard InChI is InChI=1S/C16H23N3O2/c1-3-9-18-14(20)12-6-4-5-7-13(12)19-15(21)16(2)8-10-17-11-16/h4-7,17H,3,8-11H2,1-2H3,(H,18,20)(H,19,21). The molecule has 2 amide bonds. The van der Waals surface area contributed by atoms with Gasteiger partial charge in [0.2, 0.25) is 5.91 Å². The molecule has 114 valence electrons. The highest BCUT2D eigenvalue weighted by molar-refractivity contribution is 6.05. The van der Waals surface area contributed by atoms with Crippen molar-refractivity contribution >= 4 is 17.5 Å². The molecule has 2 rings (SSSR count). The molecule has 21 heavy (non-hydrogen) atoms. The normalized spacial score (nSPS) is 21.0. The van der Waals surface area contributed by atoms with E-state index in [4.69, 9.17) is 0 Å². The van der Waals surface area contributed by atoms with Crippen LogP contribution in [0.3, 0.4) is 0 Å². The fourth-order valence-electron chi connectivity index (χ4n) is 2.41. The molecule has 5 nitrogen and oxygen atoms in total. The van der Waals surface area contributed by atoms with Gasteiger partial charge in [0.05, 0.1) is 16.7 Å². The lowest BCUT2D eigenvalue weighted by atomic mass is 9.88. The molecule has 3 N–H and O–H groups in total.